The summed E-state index contributed by atoms with van der Waals surface area (Å²) >= 11 is 0. The van der Waals surface area contributed by atoms with Crippen LogP contribution < -0.4 is 0 Å². The topological polar surface area (TPSA) is 0 Å². The molecule has 0 amide bonds. The number of unbranched alkanes of at least 4 members (excludes halogenated alkanes) is 2. The van der Waals surface area contributed by atoms with Gasteiger partial charge in [0.05, 0.1) is 0 Å². The molecule has 0 saturated carbocycles. The second-order valence-electron chi connectivity index (χ2n) is 5.39. The van der Waals surface area contributed by atoms with Gasteiger partial charge in [0, 0.05) is 0 Å². The van der Waals surface area contributed by atoms with Gasteiger partial charge >= 0.3 is 41.7 Å². The molecule has 0 atom stereocenters. The lowest BCUT2D eigenvalue weighted by molar-refractivity contribution is -0.449. The van der Waals surface area contributed by atoms with Crippen LogP contribution in [0.15, 0.2) is 12.2 Å². The fourth-order valence-corrected chi connectivity index (χ4v) is 1.58. The van der Waals surface area contributed by atoms with E-state index in [1.165, 1.54) is 0 Å². The molecule has 0 aliphatic carbocycles. The summed E-state index contributed by atoms with van der Waals surface area (Å²) in [5.74, 6) is -46.2. The van der Waals surface area contributed by atoms with Crippen LogP contribution in [0.1, 0.15) is 19.3 Å². The standard InChI is InChI=1S/C13H10F15/c1-2-3-4-5-6-7(14,15)8(16,17)9(18,19)10(20,21)11(22,23)12(24,25)13(26,27)28/h5-6H,1-4H2. The Kier molecular flexibility index (Phi) is 7.15. The molecule has 0 spiro atoms. The smallest absolute Gasteiger partial charge is 0.195 e. The molecule has 0 aliphatic rings. The van der Waals surface area contributed by atoms with E-state index in [0.29, 0.717) is 0 Å². The third kappa shape index (κ3) is 3.89. The Morgan fingerprint density at radius 2 is 0.893 bits per heavy atom. The van der Waals surface area contributed by atoms with Gasteiger partial charge in [-0.25, -0.2) is 0 Å². The highest BCUT2D eigenvalue weighted by Gasteiger charge is 2.93. The Morgan fingerprint density at radius 3 is 1.25 bits per heavy atom. The van der Waals surface area contributed by atoms with E-state index in [4.69, 9.17) is 0 Å². The van der Waals surface area contributed by atoms with Gasteiger partial charge in [0.15, 0.2) is 0 Å². The van der Waals surface area contributed by atoms with Crippen molar-refractivity contribution in [2.45, 2.75) is 61.0 Å². The summed E-state index contributed by atoms with van der Waals surface area (Å²) < 4.78 is 192. The van der Waals surface area contributed by atoms with Gasteiger partial charge in [0.2, 0.25) is 0 Å². The molecule has 28 heavy (non-hydrogen) atoms. The van der Waals surface area contributed by atoms with Crippen LogP contribution in [-0.4, -0.2) is 41.7 Å². The van der Waals surface area contributed by atoms with Gasteiger partial charge in [0.1, 0.15) is 0 Å². The number of allylic oxidation sites excluding steroid dienone is 2. The first-order valence-electron chi connectivity index (χ1n) is 6.86. The highest BCUT2D eigenvalue weighted by atomic mass is 19.4. The van der Waals surface area contributed by atoms with E-state index in [1.54, 1.807) is 0 Å². The minimum atomic E-state index is -8.24. The first-order chi connectivity index (χ1) is 12.1. The van der Waals surface area contributed by atoms with Crippen LogP contribution in [0.2, 0.25) is 0 Å². The molecule has 1 radical (unpaired) electrons. The summed E-state index contributed by atoms with van der Waals surface area (Å²) in [5, 5.41) is 0. The van der Waals surface area contributed by atoms with E-state index in [2.05, 4.69) is 6.92 Å². The van der Waals surface area contributed by atoms with Gasteiger partial charge in [0.25, 0.3) is 0 Å². The summed E-state index contributed by atoms with van der Waals surface area (Å²) in [5.41, 5.74) is 0. The molecule has 0 unspecified atom stereocenters. The molecule has 0 heterocycles. The van der Waals surface area contributed by atoms with E-state index < -0.39 is 54.2 Å². The lowest BCUT2D eigenvalue weighted by Gasteiger charge is -2.41. The van der Waals surface area contributed by atoms with E-state index in [-0.39, 0.29) is 18.9 Å². The van der Waals surface area contributed by atoms with Gasteiger partial charge in [-0.15, -0.1) is 0 Å². The lowest BCUT2D eigenvalue weighted by atomic mass is 9.91. The van der Waals surface area contributed by atoms with Crippen molar-refractivity contribution in [3.8, 4) is 0 Å². The van der Waals surface area contributed by atoms with Crippen LogP contribution in [0.25, 0.3) is 0 Å². The molecule has 0 fully saturated rings. The fourth-order valence-electron chi connectivity index (χ4n) is 1.58. The fraction of sp³-hybridized carbons (Fsp3) is 0.769. The number of alkyl halides is 15. The number of rotatable bonds is 9. The molecule has 0 N–H and O–H groups in total. The van der Waals surface area contributed by atoms with Crippen LogP contribution in [0, 0.1) is 6.92 Å². The molecular formula is C13H10F15. The zero-order valence-corrected chi connectivity index (χ0v) is 13.2. The first kappa shape index (κ1) is 26.7. The highest BCUT2D eigenvalue weighted by molar-refractivity contribution is 5.16. The van der Waals surface area contributed by atoms with Crippen molar-refractivity contribution in [3.63, 3.8) is 0 Å². The van der Waals surface area contributed by atoms with Crippen molar-refractivity contribution in [2.75, 3.05) is 0 Å². The number of hydrogen-bond acceptors (Lipinski definition) is 0. The quantitative estimate of drug-likeness (QED) is 0.203. The van der Waals surface area contributed by atoms with E-state index in [9.17, 15) is 65.9 Å². The van der Waals surface area contributed by atoms with Gasteiger partial charge in [-0.1, -0.05) is 19.4 Å². The van der Waals surface area contributed by atoms with Crippen LogP contribution in [0.4, 0.5) is 65.9 Å². The minimum Gasteiger partial charge on any atom is -0.195 e. The van der Waals surface area contributed by atoms with Crippen molar-refractivity contribution in [3.05, 3.63) is 19.1 Å². The lowest BCUT2D eigenvalue weighted by Crippen LogP contribution is -2.72. The summed E-state index contributed by atoms with van der Waals surface area (Å²) in [7, 11) is 0. The van der Waals surface area contributed by atoms with Crippen LogP contribution in [0.3, 0.4) is 0 Å². The summed E-state index contributed by atoms with van der Waals surface area (Å²) in [6.45, 7) is 3.17. The largest absolute Gasteiger partial charge is 0.460 e. The molecule has 0 aromatic heterocycles. The van der Waals surface area contributed by atoms with Gasteiger partial charge < -0.3 is 0 Å². The Bertz CT molecular complexity index is 555. The molecule has 0 nitrogen and oxygen atoms in total. The van der Waals surface area contributed by atoms with Crippen molar-refractivity contribution in [1.29, 1.82) is 0 Å². The monoisotopic (exact) mass is 451 g/mol. The normalized spacial score (nSPS) is 16.1. The van der Waals surface area contributed by atoms with Crippen molar-refractivity contribution >= 4 is 0 Å². The van der Waals surface area contributed by atoms with Crippen molar-refractivity contribution < 1.29 is 65.9 Å². The maximum Gasteiger partial charge on any atom is 0.460 e. The Hall–Kier alpha value is -1.31. The van der Waals surface area contributed by atoms with E-state index in [1.807, 2.05) is 0 Å². The molecule has 167 valence electrons. The SMILES string of the molecule is [CH2]CCCC=CC(F)(F)C(F)(F)C(F)(F)C(F)(F)C(F)(F)C(F)(F)C(F)(F)F. The summed E-state index contributed by atoms with van der Waals surface area (Å²) in [4.78, 5) is 0. The Balaban J connectivity index is 6.28. The van der Waals surface area contributed by atoms with E-state index >= 15 is 0 Å². The van der Waals surface area contributed by atoms with Gasteiger partial charge in [-0.05, 0) is 18.9 Å². The van der Waals surface area contributed by atoms with Gasteiger partial charge in [-0.2, -0.15) is 65.9 Å². The maximum absolute atomic E-state index is 13.3. The Labute approximate surface area is 147 Å². The maximum atomic E-state index is 13.3. The molecule has 0 rings (SSSR count). The Morgan fingerprint density at radius 1 is 0.536 bits per heavy atom. The second kappa shape index (κ2) is 7.50. The molecular weight excluding hydrogens is 441 g/mol. The zero-order chi connectivity index (χ0) is 23.0. The molecule has 0 saturated heterocycles. The second-order valence-corrected chi connectivity index (χ2v) is 5.39. The molecule has 15 heteroatoms. The van der Waals surface area contributed by atoms with Crippen LogP contribution in [0.5, 0.6) is 0 Å². The van der Waals surface area contributed by atoms with Crippen LogP contribution in [-0.2, 0) is 0 Å². The first-order valence-corrected chi connectivity index (χ1v) is 6.86. The zero-order valence-electron chi connectivity index (χ0n) is 13.2. The minimum absolute atomic E-state index is 0.0271. The predicted molar refractivity (Wildman–Crippen MR) is 64.1 cm³/mol. The average Bonchev–Trinajstić information content (AvgIpc) is 2.49. The molecule has 0 aromatic rings. The predicted octanol–water partition coefficient (Wildman–Crippen LogP) is 6.92. The third-order valence-electron chi connectivity index (χ3n) is 3.30. The summed E-state index contributed by atoms with van der Waals surface area (Å²) in [6, 6.07) is 0. The van der Waals surface area contributed by atoms with Crippen LogP contribution >= 0.6 is 0 Å². The number of halogens is 15. The molecule has 0 aliphatic heterocycles. The number of hydrogen-bond donors (Lipinski definition) is 0. The molecule has 0 bridgehead atoms. The van der Waals surface area contributed by atoms with Crippen molar-refractivity contribution in [2.24, 2.45) is 0 Å². The summed E-state index contributed by atoms with van der Waals surface area (Å²) in [6.07, 6.45) is -9.19. The average molecular weight is 451 g/mol. The van der Waals surface area contributed by atoms with Gasteiger partial charge in [-0.3, -0.25) is 0 Å². The third-order valence-corrected chi connectivity index (χ3v) is 3.30. The van der Waals surface area contributed by atoms with Crippen molar-refractivity contribution in [1.82, 2.24) is 0 Å². The highest BCUT2D eigenvalue weighted by Crippen LogP contribution is 2.62. The van der Waals surface area contributed by atoms with E-state index in [0.717, 1.165) is 0 Å². The molecule has 0 aromatic carbocycles.